The summed E-state index contributed by atoms with van der Waals surface area (Å²) in [5.74, 6) is 0.286. The minimum absolute atomic E-state index is 0.124. The van der Waals surface area contributed by atoms with Crippen molar-refractivity contribution < 1.29 is 21.6 Å². The van der Waals surface area contributed by atoms with Crippen LogP contribution in [0.4, 0.5) is 17.2 Å². The third-order valence-corrected chi connectivity index (χ3v) is 6.62. The number of hydrogen-bond donors (Lipinski definition) is 3. The monoisotopic (exact) mass is 534 g/mol. The SMILES string of the molecule is CC(C)Nc1cccnc1N1CCN(C(=O)c2cc3cc(NS(C)=O)ccc3[nH]2)C(OS(C)(=O)=O)C1. The predicted molar refractivity (Wildman–Crippen MR) is 142 cm³/mol. The molecule has 36 heavy (non-hydrogen) atoms. The van der Waals surface area contributed by atoms with Crippen molar-refractivity contribution in [2.45, 2.75) is 26.1 Å². The Kier molecular flexibility index (Phi) is 7.52. The number of hydrogen-bond acceptors (Lipinski definition) is 8. The van der Waals surface area contributed by atoms with Crippen molar-refractivity contribution in [3.63, 3.8) is 0 Å². The number of carbonyl (C=O) groups is 1. The lowest BCUT2D eigenvalue weighted by Gasteiger charge is -2.41. The van der Waals surface area contributed by atoms with Crippen molar-refractivity contribution in [3.8, 4) is 0 Å². The van der Waals surface area contributed by atoms with Gasteiger partial charge in [0.25, 0.3) is 16.0 Å². The van der Waals surface area contributed by atoms with Gasteiger partial charge in [-0.15, -0.1) is 0 Å². The second-order valence-corrected chi connectivity index (χ2v) is 11.6. The quantitative estimate of drug-likeness (QED) is 0.375. The van der Waals surface area contributed by atoms with Gasteiger partial charge in [0.05, 0.1) is 18.5 Å². The summed E-state index contributed by atoms with van der Waals surface area (Å²) in [7, 11) is -5.08. The van der Waals surface area contributed by atoms with Gasteiger partial charge in [0.2, 0.25) is 0 Å². The topological polar surface area (TPSA) is 137 Å². The van der Waals surface area contributed by atoms with Crippen LogP contribution in [0.3, 0.4) is 0 Å². The van der Waals surface area contributed by atoms with Gasteiger partial charge in [0.15, 0.2) is 12.0 Å². The number of H-pyrrole nitrogens is 1. The highest BCUT2D eigenvalue weighted by molar-refractivity contribution is 7.86. The van der Waals surface area contributed by atoms with Crippen LogP contribution in [0.2, 0.25) is 0 Å². The first kappa shape index (κ1) is 25.9. The first-order valence-electron chi connectivity index (χ1n) is 11.4. The molecule has 0 aliphatic carbocycles. The highest BCUT2D eigenvalue weighted by atomic mass is 32.2. The van der Waals surface area contributed by atoms with Crippen molar-refractivity contribution in [2.75, 3.05) is 47.1 Å². The zero-order valence-electron chi connectivity index (χ0n) is 20.5. The smallest absolute Gasteiger partial charge is 0.272 e. The van der Waals surface area contributed by atoms with Gasteiger partial charge in [-0.25, -0.2) is 13.4 Å². The fourth-order valence-corrected chi connectivity index (χ4v) is 5.19. The van der Waals surface area contributed by atoms with Crippen LogP contribution in [0.25, 0.3) is 10.9 Å². The lowest BCUT2D eigenvalue weighted by Crippen LogP contribution is -2.57. The predicted octanol–water partition coefficient (Wildman–Crippen LogP) is 2.35. The largest absolute Gasteiger partial charge is 0.380 e. The number of fused-ring (bicyclic) bond motifs is 1. The summed E-state index contributed by atoms with van der Waals surface area (Å²) in [6.45, 7) is 4.83. The normalized spacial score (nSPS) is 17.4. The van der Waals surface area contributed by atoms with Crippen LogP contribution in [0, 0.1) is 0 Å². The minimum atomic E-state index is -3.85. The summed E-state index contributed by atoms with van der Waals surface area (Å²) in [6.07, 6.45) is 3.13. The lowest BCUT2D eigenvalue weighted by molar-refractivity contribution is 0.0194. The van der Waals surface area contributed by atoms with Crippen LogP contribution in [-0.4, -0.2) is 77.8 Å². The lowest BCUT2D eigenvalue weighted by atomic mass is 10.2. The molecule has 0 radical (unpaired) electrons. The molecule has 1 aliphatic heterocycles. The average molecular weight is 535 g/mol. The molecule has 1 saturated heterocycles. The van der Waals surface area contributed by atoms with E-state index in [1.807, 2.05) is 30.9 Å². The van der Waals surface area contributed by atoms with Crippen molar-refractivity contribution >= 4 is 55.1 Å². The molecule has 0 spiro atoms. The molecule has 3 aromatic rings. The van der Waals surface area contributed by atoms with Gasteiger partial charge < -0.3 is 24.8 Å². The molecule has 4 rings (SSSR count). The molecule has 1 amide bonds. The molecule has 1 aromatic carbocycles. The minimum Gasteiger partial charge on any atom is -0.380 e. The Morgan fingerprint density at radius 1 is 1.25 bits per heavy atom. The number of amides is 1. The fraction of sp³-hybridized carbons (Fsp3) is 0.391. The van der Waals surface area contributed by atoms with E-state index in [-0.39, 0.29) is 25.0 Å². The molecule has 3 N–H and O–H groups in total. The number of aromatic amines is 1. The second-order valence-electron chi connectivity index (χ2n) is 8.91. The summed E-state index contributed by atoms with van der Waals surface area (Å²) in [4.78, 5) is 24.4. The zero-order valence-corrected chi connectivity index (χ0v) is 22.1. The molecular weight excluding hydrogens is 504 g/mol. The Bertz CT molecular complexity index is 1390. The van der Waals surface area contributed by atoms with Crippen LogP contribution in [0.1, 0.15) is 24.3 Å². The molecule has 1 aliphatic rings. The van der Waals surface area contributed by atoms with E-state index in [1.54, 1.807) is 30.5 Å². The number of pyridine rings is 1. The van der Waals surface area contributed by atoms with E-state index in [0.29, 0.717) is 23.7 Å². The molecule has 2 atom stereocenters. The molecule has 3 heterocycles. The number of benzene rings is 1. The molecule has 13 heteroatoms. The Labute approximate surface area is 212 Å². The first-order valence-corrected chi connectivity index (χ1v) is 14.8. The van der Waals surface area contributed by atoms with Crippen molar-refractivity contribution in [2.24, 2.45) is 0 Å². The van der Waals surface area contributed by atoms with Crippen LogP contribution in [-0.2, 0) is 25.3 Å². The van der Waals surface area contributed by atoms with Gasteiger partial charge >= 0.3 is 0 Å². The second kappa shape index (κ2) is 10.4. The number of piperazine rings is 1. The number of nitrogens with zero attached hydrogens (tertiary/aromatic N) is 3. The third-order valence-electron chi connectivity index (χ3n) is 5.52. The molecular formula is C23H30N6O5S2. The molecule has 0 bridgehead atoms. The molecule has 2 aromatic heterocycles. The molecule has 2 unspecified atom stereocenters. The summed E-state index contributed by atoms with van der Waals surface area (Å²) >= 11 is 0. The number of carbonyl (C=O) groups excluding carboxylic acids is 1. The average Bonchev–Trinajstić information content (AvgIpc) is 3.20. The number of aromatic nitrogens is 2. The Morgan fingerprint density at radius 2 is 2.03 bits per heavy atom. The summed E-state index contributed by atoms with van der Waals surface area (Å²) in [5.41, 5.74) is 2.51. The van der Waals surface area contributed by atoms with Gasteiger partial charge in [-0.05, 0) is 50.2 Å². The standard InChI is InChI=1S/C23H30N6O5S2/c1-15(2)25-19-6-5-9-24-22(19)28-10-11-29(21(14-28)34-36(4,32)33)23(30)20-13-16-12-17(27-35(3)31)7-8-18(16)26-20/h5-9,12-13,15,21,25-27H,10-11,14H2,1-4H3. The third kappa shape index (κ3) is 6.15. The van der Waals surface area contributed by atoms with Crippen LogP contribution < -0.4 is 14.9 Å². The van der Waals surface area contributed by atoms with E-state index < -0.39 is 27.3 Å². The van der Waals surface area contributed by atoms with Crippen molar-refractivity contribution in [1.82, 2.24) is 14.9 Å². The molecule has 1 fully saturated rings. The van der Waals surface area contributed by atoms with E-state index in [1.165, 1.54) is 11.2 Å². The maximum absolute atomic E-state index is 13.5. The summed E-state index contributed by atoms with van der Waals surface area (Å²) < 4.78 is 43.8. The van der Waals surface area contributed by atoms with Gasteiger partial charge in [-0.2, -0.15) is 8.42 Å². The molecule has 11 nitrogen and oxygen atoms in total. The number of anilines is 3. The van der Waals surface area contributed by atoms with Crippen LogP contribution in [0.5, 0.6) is 0 Å². The van der Waals surface area contributed by atoms with Gasteiger partial charge in [-0.3, -0.25) is 4.79 Å². The first-order chi connectivity index (χ1) is 17.0. The van der Waals surface area contributed by atoms with Gasteiger partial charge in [0, 0.05) is 48.2 Å². The van der Waals surface area contributed by atoms with Crippen molar-refractivity contribution in [3.05, 3.63) is 48.3 Å². The molecule has 0 saturated carbocycles. The highest BCUT2D eigenvalue weighted by Gasteiger charge is 2.36. The summed E-state index contributed by atoms with van der Waals surface area (Å²) in [6, 6.07) is 10.9. The summed E-state index contributed by atoms with van der Waals surface area (Å²) in [5, 5.41) is 4.11. The Hall–Kier alpha value is -3.16. The van der Waals surface area contributed by atoms with E-state index >= 15 is 0 Å². The van der Waals surface area contributed by atoms with Gasteiger partial charge in [0.1, 0.15) is 16.7 Å². The van der Waals surface area contributed by atoms with E-state index in [2.05, 4.69) is 20.0 Å². The maximum atomic E-state index is 13.5. The Morgan fingerprint density at radius 3 is 2.72 bits per heavy atom. The highest BCUT2D eigenvalue weighted by Crippen LogP contribution is 2.28. The zero-order chi connectivity index (χ0) is 26.0. The van der Waals surface area contributed by atoms with E-state index in [0.717, 1.165) is 22.8 Å². The molecule has 194 valence electrons. The van der Waals surface area contributed by atoms with Crippen LogP contribution >= 0.6 is 0 Å². The van der Waals surface area contributed by atoms with Crippen LogP contribution in [0.15, 0.2) is 42.6 Å². The fourth-order valence-electron chi connectivity index (χ4n) is 4.16. The van der Waals surface area contributed by atoms with E-state index in [4.69, 9.17) is 4.18 Å². The Balaban J connectivity index is 1.61. The van der Waals surface area contributed by atoms with Crippen molar-refractivity contribution in [1.29, 1.82) is 0 Å². The number of rotatable bonds is 8. The maximum Gasteiger partial charge on any atom is 0.272 e. The number of nitrogens with one attached hydrogen (secondary N) is 3. The van der Waals surface area contributed by atoms with Gasteiger partial charge in [-0.1, -0.05) is 0 Å². The van der Waals surface area contributed by atoms with E-state index in [9.17, 15) is 17.4 Å².